The molecule has 0 aliphatic carbocycles. The first-order valence-electron chi connectivity index (χ1n) is 9.26. The number of likely N-dealkylation sites (tertiary alicyclic amines) is 1. The fourth-order valence-corrected chi connectivity index (χ4v) is 3.33. The van der Waals surface area contributed by atoms with Crippen LogP contribution >= 0.6 is 0 Å². The number of hydrogen-bond donors (Lipinski definition) is 0. The standard InChI is InChI=1S/C21H25N3O3/c1-15-19(16(2)24(22-15)18-9-5-4-6-10-18)11-12-20(25)27-17(3)21(26)23-13-7-8-14-23/h4-6,9-12,17H,7-8,13-14H2,1-3H3/b12-11+/t17-/m1/s1. The third-order valence-corrected chi connectivity index (χ3v) is 4.79. The van der Waals surface area contributed by atoms with Crippen molar-refractivity contribution in [1.82, 2.24) is 14.7 Å². The zero-order valence-electron chi connectivity index (χ0n) is 16.0. The van der Waals surface area contributed by atoms with Crippen molar-refractivity contribution in [3.63, 3.8) is 0 Å². The number of aromatic nitrogens is 2. The zero-order valence-corrected chi connectivity index (χ0v) is 16.0. The minimum Gasteiger partial charge on any atom is -0.449 e. The summed E-state index contributed by atoms with van der Waals surface area (Å²) >= 11 is 0. The highest BCUT2D eigenvalue weighted by molar-refractivity contribution is 5.90. The molecule has 1 aliphatic rings. The summed E-state index contributed by atoms with van der Waals surface area (Å²) in [6.45, 7) is 6.96. The maximum Gasteiger partial charge on any atom is 0.331 e. The average molecular weight is 367 g/mol. The summed E-state index contributed by atoms with van der Waals surface area (Å²) in [5.41, 5.74) is 3.59. The first-order chi connectivity index (χ1) is 13.0. The molecule has 2 aromatic rings. The Hall–Kier alpha value is -2.89. The van der Waals surface area contributed by atoms with Crippen LogP contribution in [0.2, 0.25) is 0 Å². The van der Waals surface area contributed by atoms with Crippen molar-refractivity contribution in [3.8, 4) is 5.69 Å². The molecule has 6 nitrogen and oxygen atoms in total. The highest BCUT2D eigenvalue weighted by Crippen LogP contribution is 2.19. The second-order valence-corrected chi connectivity index (χ2v) is 6.78. The summed E-state index contributed by atoms with van der Waals surface area (Å²) in [6.07, 6.45) is 4.31. The van der Waals surface area contributed by atoms with Crippen LogP contribution in [0.25, 0.3) is 11.8 Å². The molecule has 1 aromatic carbocycles. The first kappa shape index (κ1) is 18.9. The number of hydrogen-bond acceptors (Lipinski definition) is 4. The number of aryl methyl sites for hydroxylation is 1. The van der Waals surface area contributed by atoms with E-state index in [2.05, 4.69) is 5.10 Å². The molecule has 1 atom stereocenters. The summed E-state index contributed by atoms with van der Waals surface area (Å²) in [7, 11) is 0. The maximum atomic E-state index is 12.2. The summed E-state index contributed by atoms with van der Waals surface area (Å²) in [4.78, 5) is 26.1. The molecule has 0 spiro atoms. The Balaban J connectivity index is 1.68. The van der Waals surface area contributed by atoms with Crippen molar-refractivity contribution in [3.05, 3.63) is 53.4 Å². The van der Waals surface area contributed by atoms with Gasteiger partial charge in [0.25, 0.3) is 5.91 Å². The molecule has 0 radical (unpaired) electrons. The minimum absolute atomic E-state index is 0.126. The van der Waals surface area contributed by atoms with Crippen LogP contribution in [0.5, 0.6) is 0 Å². The van der Waals surface area contributed by atoms with Gasteiger partial charge in [-0.25, -0.2) is 9.48 Å². The predicted octanol–water partition coefficient (Wildman–Crippen LogP) is 3.06. The smallest absolute Gasteiger partial charge is 0.331 e. The number of ether oxygens (including phenoxy) is 1. The summed E-state index contributed by atoms with van der Waals surface area (Å²) in [5, 5.41) is 4.55. The van der Waals surface area contributed by atoms with Crippen LogP contribution in [0.1, 0.15) is 36.7 Å². The van der Waals surface area contributed by atoms with Crippen LogP contribution in [0.15, 0.2) is 36.4 Å². The number of rotatable bonds is 5. The van der Waals surface area contributed by atoms with E-state index in [1.165, 1.54) is 6.08 Å². The van der Waals surface area contributed by atoms with Crippen molar-refractivity contribution in [2.45, 2.75) is 39.7 Å². The number of carbonyl (C=O) groups excluding carboxylic acids is 2. The van der Waals surface area contributed by atoms with Gasteiger partial charge in [-0.1, -0.05) is 18.2 Å². The third kappa shape index (κ3) is 4.27. The number of nitrogens with zero attached hydrogens (tertiary/aromatic N) is 3. The van der Waals surface area contributed by atoms with Gasteiger partial charge < -0.3 is 9.64 Å². The van der Waals surface area contributed by atoms with Crippen molar-refractivity contribution in [2.75, 3.05) is 13.1 Å². The molecule has 1 amide bonds. The van der Waals surface area contributed by atoms with Crippen LogP contribution < -0.4 is 0 Å². The Labute approximate surface area is 159 Å². The van der Waals surface area contributed by atoms with Crippen LogP contribution in [-0.4, -0.2) is 45.8 Å². The molecule has 0 N–H and O–H groups in total. The number of benzene rings is 1. The molecule has 0 bridgehead atoms. The molecular weight excluding hydrogens is 342 g/mol. The molecule has 0 unspecified atom stereocenters. The van der Waals surface area contributed by atoms with E-state index in [-0.39, 0.29) is 5.91 Å². The molecule has 1 aromatic heterocycles. The van der Waals surface area contributed by atoms with Crippen molar-refractivity contribution >= 4 is 18.0 Å². The maximum absolute atomic E-state index is 12.2. The van der Waals surface area contributed by atoms with Crippen LogP contribution in [0.4, 0.5) is 0 Å². The van der Waals surface area contributed by atoms with Gasteiger partial charge in [0.15, 0.2) is 6.10 Å². The molecule has 6 heteroatoms. The number of carbonyl (C=O) groups is 2. The molecule has 1 saturated heterocycles. The lowest BCUT2D eigenvalue weighted by Crippen LogP contribution is -2.37. The SMILES string of the molecule is Cc1nn(-c2ccccc2)c(C)c1/C=C/C(=O)O[C@H](C)C(=O)N1CCCC1. The number of esters is 1. The molecule has 0 saturated carbocycles. The fourth-order valence-electron chi connectivity index (χ4n) is 3.33. The van der Waals surface area contributed by atoms with Crippen LogP contribution in [0, 0.1) is 13.8 Å². The topological polar surface area (TPSA) is 64.4 Å². The highest BCUT2D eigenvalue weighted by atomic mass is 16.5. The average Bonchev–Trinajstić information content (AvgIpc) is 3.29. The third-order valence-electron chi connectivity index (χ3n) is 4.79. The Morgan fingerprint density at radius 2 is 1.81 bits per heavy atom. The van der Waals surface area contributed by atoms with Gasteiger partial charge in [-0.05, 0) is 51.8 Å². The molecule has 2 heterocycles. The molecule has 3 rings (SSSR count). The van der Waals surface area contributed by atoms with E-state index < -0.39 is 12.1 Å². The van der Waals surface area contributed by atoms with Gasteiger partial charge in [-0.2, -0.15) is 5.10 Å². The van der Waals surface area contributed by atoms with E-state index in [0.717, 1.165) is 48.6 Å². The summed E-state index contributed by atoms with van der Waals surface area (Å²) < 4.78 is 7.12. The Morgan fingerprint density at radius 3 is 2.48 bits per heavy atom. The van der Waals surface area contributed by atoms with Gasteiger partial charge in [0, 0.05) is 30.4 Å². The zero-order chi connectivity index (χ0) is 19.4. The van der Waals surface area contributed by atoms with Crippen molar-refractivity contribution in [2.24, 2.45) is 0 Å². The Bertz CT molecular complexity index is 849. The van der Waals surface area contributed by atoms with Crippen LogP contribution in [-0.2, 0) is 14.3 Å². The largest absolute Gasteiger partial charge is 0.449 e. The molecule has 142 valence electrons. The van der Waals surface area contributed by atoms with Crippen molar-refractivity contribution < 1.29 is 14.3 Å². The van der Waals surface area contributed by atoms with Gasteiger partial charge >= 0.3 is 5.97 Å². The quantitative estimate of drug-likeness (QED) is 0.602. The van der Waals surface area contributed by atoms with Gasteiger partial charge in [0.1, 0.15) is 0 Å². The van der Waals surface area contributed by atoms with E-state index in [0.29, 0.717) is 0 Å². The molecule has 1 aliphatic heterocycles. The van der Waals surface area contributed by atoms with Crippen LogP contribution in [0.3, 0.4) is 0 Å². The lowest BCUT2D eigenvalue weighted by atomic mass is 10.2. The lowest BCUT2D eigenvalue weighted by molar-refractivity contribution is -0.154. The predicted molar refractivity (Wildman–Crippen MR) is 103 cm³/mol. The Kier molecular flexibility index (Phi) is 5.74. The lowest BCUT2D eigenvalue weighted by Gasteiger charge is -2.19. The second kappa shape index (κ2) is 8.20. The highest BCUT2D eigenvalue weighted by Gasteiger charge is 2.25. The van der Waals surface area contributed by atoms with Gasteiger partial charge in [-0.3, -0.25) is 4.79 Å². The van der Waals surface area contributed by atoms with E-state index in [1.54, 1.807) is 17.9 Å². The monoisotopic (exact) mass is 367 g/mol. The molecular formula is C21H25N3O3. The van der Waals surface area contributed by atoms with E-state index in [4.69, 9.17) is 4.74 Å². The van der Waals surface area contributed by atoms with E-state index >= 15 is 0 Å². The second-order valence-electron chi connectivity index (χ2n) is 6.78. The van der Waals surface area contributed by atoms with Gasteiger partial charge in [0.05, 0.1) is 11.4 Å². The first-order valence-corrected chi connectivity index (χ1v) is 9.26. The fraction of sp³-hybridized carbons (Fsp3) is 0.381. The minimum atomic E-state index is -0.769. The summed E-state index contributed by atoms with van der Waals surface area (Å²) in [5.74, 6) is -0.653. The molecule has 1 fully saturated rings. The normalized spacial score (nSPS) is 15.3. The van der Waals surface area contributed by atoms with Crippen molar-refractivity contribution in [1.29, 1.82) is 0 Å². The van der Waals surface area contributed by atoms with Gasteiger partial charge in [-0.15, -0.1) is 0 Å². The molecule has 27 heavy (non-hydrogen) atoms. The van der Waals surface area contributed by atoms with E-state index in [1.807, 2.05) is 48.9 Å². The number of para-hydroxylation sites is 1. The van der Waals surface area contributed by atoms with E-state index in [9.17, 15) is 9.59 Å². The number of amides is 1. The Morgan fingerprint density at radius 1 is 1.15 bits per heavy atom. The van der Waals surface area contributed by atoms with Gasteiger partial charge in [0.2, 0.25) is 0 Å². The summed E-state index contributed by atoms with van der Waals surface area (Å²) in [6, 6.07) is 9.82.